The smallest absolute Gasteiger partial charge is 0.195 e. The van der Waals surface area contributed by atoms with Crippen molar-refractivity contribution in [2.24, 2.45) is 5.92 Å². The molecule has 1 fully saturated rings. The first kappa shape index (κ1) is 13.5. The highest BCUT2D eigenvalue weighted by Crippen LogP contribution is 2.30. The number of terminal acetylenes is 1. The van der Waals surface area contributed by atoms with E-state index in [1.54, 1.807) is 0 Å². The summed E-state index contributed by atoms with van der Waals surface area (Å²) < 4.78 is 27.3. The van der Waals surface area contributed by atoms with E-state index in [2.05, 4.69) is 5.92 Å². The minimum Gasteiger partial charge on any atom is -0.195 e. The van der Waals surface area contributed by atoms with Crippen molar-refractivity contribution in [3.05, 3.63) is 0 Å². The summed E-state index contributed by atoms with van der Waals surface area (Å²) in [6.07, 6.45) is 7.47. The minimum atomic E-state index is -3.36. The highest BCUT2D eigenvalue weighted by atomic mass is 32.2. The molecule has 0 aromatic heterocycles. The third-order valence-electron chi connectivity index (χ3n) is 2.78. The Labute approximate surface area is 98.8 Å². The lowest BCUT2D eigenvalue weighted by Crippen LogP contribution is -2.44. The van der Waals surface area contributed by atoms with Crippen molar-refractivity contribution >= 4 is 10.2 Å². The molecule has 1 rings (SSSR count). The van der Waals surface area contributed by atoms with E-state index in [4.69, 9.17) is 6.42 Å². The van der Waals surface area contributed by atoms with Crippen molar-refractivity contribution in [1.82, 2.24) is 8.61 Å². The summed E-state index contributed by atoms with van der Waals surface area (Å²) in [5.74, 6) is 2.94. The first-order valence-electron chi connectivity index (χ1n) is 5.74. The van der Waals surface area contributed by atoms with Gasteiger partial charge in [-0.25, -0.2) is 0 Å². The van der Waals surface area contributed by atoms with Crippen molar-refractivity contribution in [3.63, 3.8) is 0 Å². The van der Waals surface area contributed by atoms with Gasteiger partial charge < -0.3 is 0 Å². The molecular formula is C11H20N2O2S. The standard InChI is InChI=1S/C11H20N2O2S/c1-4-9-13(10-11-7-8-11)16(14,15)12(5-2)6-3/h1,11H,5-10H2,2-3H3. The second-order valence-electron chi connectivity index (χ2n) is 4.03. The molecule has 0 amide bonds. The topological polar surface area (TPSA) is 40.6 Å². The number of rotatable bonds is 7. The van der Waals surface area contributed by atoms with E-state index in [-0.39, 0.29) is 6.54 Å². The predicted octanol–water partition coefficient (Wildman–Crippen LogP) is 0.918. The fraction of sp³-hybridized carbons (Fsp3) is 0.818. The van der Waals surface area contributed by atoms with Crippen LogP contribution < -0.4 is 0 Å². The monoisotopic (exact) mass is 244 g/mol. The molecule has 4 nitrogen and oxygen atoms in total. The molecule has 0 bridgehead atoms. The largest absolute Gasteiger partial charge is 0.282 e. The Hall–Kier alpha value is -0.570. The summed E-state index contributed by atoms with van der Waals surface area (Å²) in [5, 5.41) is 0. The van der Waals surface area contributed by atoms with E-state index in [9.17, 15) is 8.42 Å². The average molecular weight is 244 g/mol. The molecule has 0 saturated heterocycles. The van der Waals surface area contributed by atoms with Gasteiger partial charge in [0.25, 0.3) is 10.2 Å². The fourth-order valence-electron chi connectivity index (χ4n) is 1.64. The van der Waals surface area contributed by atoms with Gasteiger partial charge >= 0.3 is 0 Å². The molecule has 0 unspecified atom stereocenters. The Balaban J connectivity index is 2.77. The van der Waals surface area contributed by atoms with Gasteiger partial charge in [-0.15, -0.1) is 6.42 Å². The highest BCUT2D eigenvalue weighted by Gasteiger charge is 2.32. The van der Waals surface area contributed by atoms with Crippen molar-refractivity contribution < 1.29 is 8.42 Å². The molecule has 0 aliphatic heterocycles. The van der Waals surface area contributed by atoms with E-state index >= 15 is 0 Å². The van der Waals surface area contributed by atoms with Gasteiger partial charge in [-0.3, -0.25) is 0 Å². The van der Waals surface area contributed by atoms with Gasteiger partial charge in [0.1, 0.15) is 0 Å². The van der Waals surface area contributed by atoms with Crippen LogP contribution in [-0.2, 0) is 10.2 Å². The molecule has 0 aromatic rings. The summed E-state index contributed by atoms with van der Waals surface area (Å²) >= 11 is 0. The molecule has 16 heavy (non-hydrogen) atoms. The third kappa shape index (κ3) is 3.21. The van der Waals surface area contributed by atoms with Crippen LogP contribution in [0.2, 0.25) is 0 Å². The van der Waals surface area contributed by atoms with Crippen LogP contribution in [0.3, 0.4) is 0 Å². The summed E-state index contributed by atoms with van der Waals surface area (Å²) in [7, 11) is -3.36. The van der Waals surface area contributed by atoms with Crippen LogP contribution in [-0.4, -0.2) is 43.2 Å². The van der Waals surface area contributed by atoms with Gasteiger partial charge in [0.15, 0.2) is 0 Å². The molecule has 0 N–H and O–H groups in total. The lowest BCUT2D eigenvalue weighted by atomic mass is 10.4. The molecule has 0 radical (unpaired) electrons. The first-order valence-corrected chi connectivity index (χ1v) is 7.14. The summed E-state index contributed by atoms with van der Waals surface area (Å²) in [6.45, 7) is 5.41. The van der Waals surface area contributed by atoms with E-state index in [1.165, 1.54) is 8.61 Å². The highest BCUT2D eigenvalue weighted by molar-refractivity contribution is 7.86. The molecule has 5 heteroatoms. The number of nitrogens with zero attached hydrogens (tertiary/aromatic N) is 2. The van der Waals surface area contributed by atoms with Crippen molar-refractivity contribution in [2.75, 3.05) is 26.2 Å². The lowest BCUT2D eigenvalue weighted by Gasteiger charge is -2.27. The zero-order valence-corrected chi connectivity index (χ0v) is 10.8. The Kier molecular flexibility index (Phi) is 4.78. The number of hydrogen-bond donors (Lipinski definition) is 0. The lowest BCUT2D eigenvalue weighted by molar-refractivity contribution is 0.358. The molecule has 1 aliphatic carbocycles. The maximum Gasteiger partial charge on any atom is 0.282 e. The van der Waals surface area contributed by atoms with Crippen LogP contribution in [0.1, 0.15) is 26.7 Å². The van der Waals surface area contributed by atoms with Gasteiger partial charge in [-0.1, -0.05) is 19.8 Å². The van der Waals surface area contributed by atoms with E-state index in [0.717, 1.165) is 12.8 Å². The molecule has 92 valence electrons. The van der Waals surface area contributed by atoms with Crippen LogP contribution in [0.25, 0.3) is 0 Å². The molecular weight excluding hydrogens is 224 g/mol. The van der Waals surface area contributed by atoms with Crippen LogP contribution in [0.15, 0.2) is 0 Å². The van der Waals surface area contributed by atoms with Gasteiger partial charge in [-0.05, 0) is 18.8 Å². The first-order chi connectivity index (χ1) is 7.56. The zero-order valence-electron chi connectivity index (χ0n) is 10.0. The Morgan fingerprint density at radius 2 is 1.81 bits per heavy atom. The summed E-state index contributed by atoms with van der Waals surface area (Å²) in [6, 6.07) is 0. The van der Waals surface area contributed by atoms with Gasteiger partial charge in [0, 0.05) is 19.6 Å². The minimum absolute atomic E-state index is 0.176. The maximum atomic E-state index is 12.2. The van der Waals surface area contributed by atoms with Crippen LogP contribution >= 0.6 is 0 Å². The molecule has 0 heterocycles. The van der Waals surface area contributed by atoms with E-state index < -0.39 is 10.2 Å². The predicted molar refractivity (Wildman–Crippen MR) is 65.0 cm³/mol. The zero-order chi connectivity index (χ0) is 12.2. The molecule has 0 spiro atoms. The Bertz CT molecular complexity index is 351. The quantitative estimate of drug-likeness (QED) is 0.625. The second kappa shape index (κ2) is 5.67. The Morgan fingerprint density at radius 3 is 2.19 bits per heavy atom. The Morgan fingerprint density at radius 1 is 1.25 bits per heavy atom. The van der Waals surface area contributed by atoms with Gasteiger partial charge in [0.2, 0.25) is 0 Å². The second-order valence-corrected chi connectivity index (χ2v) is 5.96. The van der Waals surface area contributed by atoms with Crippen LogP contribution in [0.5, 0.6) is 0 Å². The maximum absolute atomic E-state index is 12.2. The normalized spacial score (nSPS) is 16.7. The van der Waals surface area contributed by atoms with E-state index in [0.29, 0.717) is 25.6 Å². The molecule has 1 saturated carbocycles. The average Bonchev–Trinajstić information content (AvgIpc) is 3.02. The molecule has 0 aromatic carbocycles. The van der Waals surface area contributed by atoms with Crippen molar-refractivity contribution in [3.8, 4) is 12.3 Å². The fourth-order valence-corrected chi connectivity index (χ4v) is 3.26. The van der Waals surface area contributed by atoms with Gasteiger partial charge in [-0.2, -0.15) is 17.0 Å². The van der Waals surface area contributed by atoms with Gasteiger partial charge in [0.05, 0.1) is 6.54 Å². The molecule has 1 aliphatic rings. The van der Waals surface area contributed by atoms with Crippen molar-refractivity contribution in [2.45, 2.75) is 26.7 Å². The summed E-state index contributed by atoms with van der Waals surface area (Å²) in [4.78, 5) is 0. The van der Waals surface area contributed by atoms with E-state index in [1.807, 2.05) is 13.8 Å². The molecule has 0 atom stereocenters. The third-order valence-corrected chi connectivity index (χ3v) is 4.88. The van der Waals surface area contributed by atoms with Crippen LogP contribution in [0.4, 0.5) is 0 Å². The number of hydrogen-bond acceptors (Lipinski definition) is 2. The summed E-state index contributed by atoms with van der Waals surface area (Å²) in [5.41, 5.74) is 0. The van der Waals surface area contributed by atoms with Crippen molar-refractivity contribution in [1.29, 1.82) is 0 Å². The van der Waals surface area contributed by atoms with Crippen LogP contribution in [0, 0.1) is 18.3 Å². The SMILES string of the molecule is C#CCN(CC1CC1)S(=O)(=O)N(CC)CC.